The van der Waals surface area contributed by atoms with Gasteiger partial charge in [0.2, 0.25) is 0 Å². The average molecular weight is 246 g/mol. The molecule has 0 fully saturated rings. The van der Waals surface area contributed by atoms with Crippen LogP contribution in [0.5, 0.6) is 0 Å². The lowest BCUT2D eigenvalue weighted by Gasteiger charge is -2.17. The highest BCUT2D eigenvalue weighted by atomic mass is 32.7. The summed E-state index contributed by atoms with van der Waals surface area (Å²) in [7, 11) is -3.13. The zero-order valence-electron chi connectivity index (χ0n) is 8.35. The van der Waals surface area contributed by atoms with Crippen LogP contribution in [0.2, 0.25) is 0 Å². The van der Waals surface area contributed by atoms with E-state index in [-0.39, 0.29) is 0 Å². The monoisotopic (exact) mass is 246 g/mol. The van der Waals surface area contributed by atoms with Gasteiger partial charge in [-0.1, -0.05) is 18.3 Å². The fourth-order valence-electron chi connectivity index (χ4n) is 0.786. The maximum absolute atomic E-state index is 11.6. The topological polar surface area (TPSA) is 52.6 Å². The Kier molecular flexibility index (Phi) is 5.88. The van der Waals surface area contributed by atoms with Crippen molar-refractivity contribution in [2.24, 2.45) is 0 Å². The maximum Gasteiger partial charge on any atom is 0.333 e. The molecule has 2 unspecified atom stereocenters. The fourth-order valence-corrected chi connectivity index (χ4v) is 7.18. The molecule has 0 aliphatic heterocycles. The minimum atomic E-state index is -3.13. The van der Waals surface area contributed by atoms with Gasteiger partial charge in [-0.2, -0.15) is 0 Å². The second kappa shape index (κ2) is 5.57. The van der Waals surface area contributed by atoms with Gasteiger partial charge in [0.1, 0.15) is 0 Å². The predicted octanol–water partition coefficient (Wildman–Crippen LogP) is 3.44. The normalized spacial score (nSPS) is 20.6. The van der Waals surface area contributed by atoms with Crippen molar-refractivity contribution in [3.8, 4) is 0 Å². The van der Waals surface area contributed by atoms with Crippen LogP contribution in [0.25, 0.3) is 0 Å². The lowest BCUT2D eigenvalue weighted by atomic mass is 10.9. The summed E-state index contributed by atoms with van der Waals surface area (Å²) in [6, 6.07) is 0. The van der Waals surface area contributed by atoms with Crippen molar-refractivity contribution in [3.05, 3.63) is 0 Å². The molecule has 0 aliphatic rings. The molecule has 0 rings (SSSR count). The van der Waals surface area contributed by atoms with E-state index in [4.69, 9.17) is 8.83 Å². The van der Waals surface area contributed by atoms with E-state index in [9.17, 15) is 9.13 Å². The Balaban J connectivity index is 4.25. The van der Waals surface area contributed by atoms with Gasteiger partial charge < -0.3 is 4.52 Å². The molecule has 0 heterocycles. The molecule has 80 valence electrons. The van der Waals surface area contributed by atoms with Gasteiger partial charge in [-0.25, -0.2) is 4.31 Å². The average Bonchev–Trinajstić information content (AvgIpc) is 1.82. The van der Waals surface area contributed by atoms with Crippen LogP contribution in [0.1, 0.15) is 13.8 Å². The van der Waals surface area contributed by atoms with Crippen LogP contribution < -0.4 is 0 Å². The third kappa shape index (κ3) is 6.75. The lowest BCUT2D eigenvalue weighted by molar-refractivity contribution is 0.287. The number of rotatable bonds is 6. The molecule has 0 aromatic heterocycles. The summed E-state index contributed by atoms with van der Waals surface area (Å²) in [6.07, 6.45) is 0. The van der Waals surface area contributed by atoms with E-state index in [1.165, 1.54) is 24.7 Å². The third-order valence-corrected chi connectivity index (χ3v) is 7.63. The quantitative estimate of drug-likeness (QED) is 0.672. The summed E-state index contributed by atoms with van der Waals surface area (Å²) in [5.74, 6) is 0.667. The molecule has 0 bridgehead atoms. The molecule has 0 radical (unpaired) electrons. The second-order valence-electron chi connectivity index (χ2n) is 2.46. The molecule has 2 atom stereocenters. The van der Waals surface area contributed by atoms with Crippen molar-refractivity contribution in [1.82, 2.24) is 0 Å². The minimum absolute atomic E-state index is 0.296. The Morgan fingerprint density at radius 1 is 1.23 bits per heavy atom. The molecule has 4 nitrogen and oxygen atoms in total. The van der Waals surface area contributed by atoms with Gasteiger partial charge in [-0.05, 0) is 12.7 Å². The van der Waals surface area contributed by atoms with Crippen LogP contribution >= 0.6 is 25.5 Å². The first-order valence-electron chi connectivity index (χ1n) is 3.98. The molecule has 7 heteroatoms. The van der Waals surface area contributed by atoms with Crippen molar-refractivity contribution < 1.29 is 18.0 Å². The summed E-state index contributed by atoms with van der Waals surface area (Å²) in [4.78, 5) is 0. The molecule has 0 N–H and O–H groups in total. The molecular formula is C6H16O4P2S. The zero-order valence-corrected chi connectivity index (χ0v) is 11.0. The Morgan fingerprint density at radius 2 is 1.77 bits per heavy atom. The summed E-state index contributed by atoms with van der Waals surface area (Å²) < 4.78 is 32.9. The van der Waals surface area contributed by atoms with Gasteiger partial charge in [-0.15, -0.1) is 0 Å². The van der Waals surface area contributed by atoms with E-state index < -0.39 is 14.2 Å². The smallest absolute Gasteiger partial charge is 0.309 e. The summed E-state index contributed by atoms with van der Waals surface area (Å²) in [5, 5.41) is 0. The number of hydrogen-bond donors (Lipinski definition) is 0. The SMILES string of the molecule is CCOP(C)(=O)OP(C)(=O)SCC. The van der Waals surface area contributed by atoms with Crippen LogP contribution in [0.15, 0.2) is 0 Å². The largest absolute Gasteiger partial charge is 0.333 e. The summed E-state index contributed by atoms with van der Waals surface area (Å²) in [5.41, 5.74) is 0. The molecule has 0 saturated heterocycles. The minimum Gasteiger partial charge on any atom is -0.309 e. The first-order valence-corrected chi connectivity index (χ1v) is 9.63. The van der Waals surface area contributed by atoms with E-state index in [2.05, 4.69) is 0 Å². The first kappa shape index (κ1) is 13.7. The highest BCUT2D eigenvalue weighted by Crippen LogP contribution is 2.67. The Hall–Kier alpha value is 0.730. The van der Waals surface area contributed by atoms with Crippen LogP contribution in [0.4, 0.5) is 0 Å². The molecule has 0 aromatic carbocycles. The summed E-state index contributed by atoms with van der Waals surface area (Å²) >= 11 is 1.17. The Bertz CT molecular complexity index is 219. The molecule has 0 spiro atoms. The van der Waals surface area contributed by atoms with Crippen molar-refractivity contribution in [2.75, 3.05) is 25.7 Å². The molecule has 0 aromatic rings. The van der Waals surface area contributed by atoms with E-state index >= 15 is 0 Å². The molecule has 0 aliphatic carbocycles. The van der Waals surface area contributed by atoms with Crippen LogP contribution in [-0.4, -0.2) is 25.7 Å². The Labute approximate surface area is 83.5 Å². The standard InChI is InChI=1S/C6H16O4P2S/c1-5-9-11(3,7)10-12(4,8)13-6-2/h5-6H2,1-4H3. The fraction of sp³-hybridized carbons (Fsp3) is 1.00. The van der Waals surface area contributed by atoms with Crippen molar-refractivity contribution in [1.29, 1.82) is 0 Å². The van der Waals surface area contributed by atoms with Gasteiger partial charge in [-0.3, -0.25) is 9.13 Å². The van der Waals surface area contributed by atoms with Gasteiger partial charge in [0, 0.05) is 13.3 Å². The van der Waals surface area contributed by atoms with Gasteiger partial charge >= 0.3 is 7.60 Å². The van der Waals surface area contributed by atoms with E-state index in [1.54, 1.807) is 6.92 Å². The van der Waals surface area contributed by atoms with E-state index in [0.29, 0.717) is 12.4 Å². The third-order valence-electron chi connectivity index (χ3n) is 1.02. The van der Waals surface area contributed by atoms with Crippen LogP contribution in [0, 0.1) is 0 Å². The van der Waals surface area contributed by atoms with Crippen molar-refractivity contribution in [3.63, 3.8) is 0 Å². The highest BCUT2D eigenvalue weighted by molar-refractivity contribution is 8.56. The molecule has 0 saturated carbocycles. The van der Waals surface area contributed by atoms with E-state index in [1.807, 2.05) is 6.92 Å². The van der Waals surface area contributed by atoms with Crippen LogP contribution in [-0.2, 0) is 18.0 Å². The maximum atomic E-state index is 11.6. The zero-order chi connectivity index (χ0) is 10.5. The van der Waals surface area contributed by atoms with Crippen molar-refractivity contribution >= 4 is 25.5 Å². The highest BCUT2D eigenvalue weighted by Gasteiger charge is 2.27. The predicted molar refractivity (Wildman–Crippen MR) is 57.9 cm³/mol. The molecular weight excluding hydrogens is 230 g/mol. The van der Waals surface area contributed by atoms with Gasteiger partial charge in [0.15, 0.2) is 0 Å². The number of hydrogen-bond acceptors (Lipinski definition) is 5. The molecule has 13 heavy (non-hydrogen) atoms. The van der Waals surface area contributed by atoms with E-state index in [0.717, 1.165) is 0 Å². The van der Waals surface area contributed by atoms with Gasteiger partial charge in [0.05, 0.1) is 6.61 Å². The Morgan fingerprint density at radius 3 is 2.15 bits per heavy atom. The lowest BCUT2D eigenvalue weighted by Crippen LogP contribution is -1.91. The second-order valence-corrected chi connectivity index (χ2v) is 10.1. The summed E-state index contributed by atoms with van der Waals surface area (Å²) in [6.45, 7) is 3.85. The molecule has 0 amide bonds. The van der Waals surface area contributed by atoms with Crippen molar-refractivity contribution in [2.45, 2.75) is 13.8 Å². The first-order chi connectivity index (χ1) is 5.83. The van der Waals surface area contributed by atoms with Crippen LogP contribution in [0.3, 0.4) is 0 Å². The van der Waals surface area contributed by atoms with Gasteiger partial charge in [0.25, 0.3) is 6.57 Å².